The summed E-state index contributed by atoms with van der Waals surface area (Å²) < 4.78 is 16.3. The maximum atomic E-state index is 11.7. The Hall–Kier alpha value is -2.77. The first-order valence-corrected chi connectivity index (χ1v) is 9.03. The zero-order valence-electron chi connectivity index (χ0n) is 13.9. The zero-order valence-corrected chi connectivity index (χ0v) is 14.7. The number of benzene rings is 2. The second-order valence-electron chi connectivity index (χ2n) is 5.64. The van der Waals surface area contributed by atoms with Crippen molar-refractivity contribution in [3.8, 4) is 11.5 Å². The molecule has 2 heterocycles. The van der Waals surface area contributed by atoms with Crippen molar-refractivity contribution in [2.45, 2.75) is 0 Å². The van der Waals surface area contributed by atoms with E-state index in [9.17, 15) is 9.59 Å². The molecular weight excluding hydrogens is 354 g/mol. The second kappa shape index (κ2) is 6.86. The molecule has 0 fully saturated rings. The van der Waals surface area contributed by atoms with Crippen LogP contribution >= 0.6 is 11.8 Å². The molecule has 6 nitrogen and oxygen atoms in total. The van der Waals surface area contributed by atoms with Gasteiger partial charge in [-0.2, -0.15) is 0 Å². The molecule has 26 heavy (non-hydrogen) atoms. The molecule has 2 aromatic carbocycles. The fourth-order valence-corrected chi connectivity index (χ4v) is 3.77. The first-order valence-electron chi connectivity index (χ1n) is 8.04. The molecule has 0 bridgehead atoms. The Labute approximate surface area is 152 Å². The molecular formula is C19H15NO5S. The van der Waals surface area contributed by atoms with Gasteiger partial charge in [-0.15, -0.1) is 11.8 Å². The fourth-order valence-electron chi connectivity index (χ4n) is 2.72. The standard InChI is InChI=1S/C19H15NO5S/c1-20-8-9-26-16-10-12-14(23-13-5-3-2-4-11(13)16)6-7-15-17(12)25-19(22)18(21)24-15/h2-7,10,20H,8-9H2,1H3. The lowest BCUT2D eigenvalue weighted by Crippen LogP contribution is -2.21. The Morgan fingerprint density at radius 2 is 1.81 bits per heavy atom. The van der Waals surface area contributed by atoms with Gasteiger partial charge in [0.1, 0.15) is 11.5 Å². The highest BCUT2D eigenvalue weighted by Crippen LogP contribution is 2.44. The number of fused-ring (bicyclic) bond motifs is 4. The van der Waals surface area contributed by atoms with E-state index in [2.05, 4.69) is 5.32 Å². The summed E-state index contributed by atoms with van der Waals surface area (Å²) in [4.78, 5) is 24.1. The molecule has 0 spiro atoms. The average Bonchev–Trinajstić information content (AvgIpc) is 2.80. The Morgan fingerprint density at radius 3 is 2.65 bits per heavy atom. The molecule has 1 aliphatic heterocycles. The van der Waals surface area contributed by atoms with Gasteiger partial charge in [-0.25, -0.2) is 9.59 Å². The normalized spacial score (nSPS) is 12.7. The Kier molecular flexibility index (Phi) is 4.40. The number of ether oxygens (including phenoxy) is 1. The molecule has 0 atom stereocenters. The molecule has 0 amide bonds. The molecule has 3 aromatic rings. The van der Waals surface area contributed by atoms with Gasteiger partial charge < -0.3 is 18.9 Å². The van der Waals surface area contributed by atoms with Crippen LogP contribution in [0.3, 0.4) is 0 Å². The number of thioether (sulfide) groups is 1. The third-order valence-electron chi connectivity index (χ3n) is 3.94. The number of hydrogen-bond donors (Lipinski definition) is 1. The van der Waals surface area contributed by atoms with Crippen molar-refractivity contribution in [1.82, 2.24) is 5.32 Å². The largest absolute Gasteiger partial charge is 0.456 e. The van der Waals surface area contributed by atoms with Crippen molar-refractivity contribution < 1.29 is 13.6 Å². The molecule has 0 saturated heterocycles. The minimum absolute atomic E-state index is 0.201. The van der Waals surface area contributed by atoms with Crippen LogP contribution in [0, 0.1) is 0 Å². The van der Waals surface area contributed by atoms with Gasteiger partial charge in [-0.3, -0.25) is 0 Å². The van der Waals surface area contributed by atoms with Crippen LogP contribution in [0.1, 0.15) is 11.1 Å². The molecule has 132 valence electrons. The molecule has 0 radical (unpaired) electrons. The topological polar surface area (TPSA) is 81.7 Å². The van der Waals surface area contributed by atoms with Crippen molar-refractivity contribution in [2.24, 2.45) is 0 Å². The lowest BCUT2D eigenvalue weighted by Gasteiger charge is -2.10. The van der Waals surface area contributed by atoms with Gasteiger partial charge >= 0.3 is 11.3 Å². The number of rotatable bonds is 4. The smallest absolute Gasteiger partial charge is 0.423 e. The minimum atomic E-state index is -1.04. The third-order valence-corrected chi connectivity index (χ3v) is 5.00. The van der Waals surface area contributed by atoms with Crippen LogP contribution in [0.4, 0.5) is 0 Å². The molecule has 0 saturated carbocycles. The average molecular weight is 369 g/mol. The summed E-state index contributed by atoms with van der Waals surface area (Å²) in [6, 6.07) is 11.0. The highest BCUT2D eigenvalue weighted by Gasteiger charge is 2.21. The summed E-state index contributed by atoms with van der Waals surface area (Å²) in [7, 11) is 1.90. The first kappa shape index (κ1) is 16.7. The van der Waals surface area contributed by atoms with E-state index in [0.29, 0.717) is 17.1 Å². The minimum Gasteiger partial charge on any atom is -0.456 e. The van der Waals surface area contributed by atoms with E-state index >= 15 is 0 Å². The van der Waals surface area contributed by atoms with Gasteiger partial charge in [0, 0.05) is 22.8 Å². The van der Waals surface area contributed by atoms with E-state index < -0.39 is 11.3 Å². The van der Waals surface area contributed by atoms with Crippen LogP contribution in [0.15, 0.2) is 54.8 Å². The number of nitrogens with one attached hydrogen (secondary N) is 1. The molecule has 7 heteroatoms. The van der Waals surface area contributed by atoms with Crippen molar-refractivity contribution in [1.29, 1.82) is 0 Å². The number of para-hydroxylation sites is 1. The predicted octanol–water partition coefficient (Wildman–Crippen LogP) is 3.30. The Balaban J connectivity index is 1.95. The van der Waals surface area contributed by atoms with Gasteiger partial charge in [0.05, 0.1) is 5.56 Å². The Morgan fingerprint density at radius 1 is 1.00 bits per heavy atom. The van der Waals surface area contributed by atoms with E-state index in [1.165, 1.54) is 0 Å². The highest BCUT2D eigenvalue weighted by atomic mass is 32.2. The lowest BCUT2D eigenvalue weighted by atomic mass is 10.1. The molecule has 0 aliphatic carbocycles. The van der Waals surface area contributed by atoms with Crippen molar-refractivity contribution >= 4 is 33.9 Å². The summed E-state index contributed by atoms with van der Waals surface area (Å²) in [5.41, 5.74) is -0.122. The fraction of sp³-hybridized carbons (Fsp3) is 0.158. The van der Waals surface area contributed by atoms with Crippen LogP contribution in [0.25, 0.3) is 22.1 Å². The molecule has 0 unspecified atom stereocenters. The van der Waals surface area contributed by atoms with E-state index in [4.69, 9.17) is 13.6 Å². The Bertz CT molecular complexity index is 1130. The van der Waals surface area contributed by atoms with Gasteiger partial charge in [0.2, 0.25) is 0 Å². The first-order chi connectivity index (χ1) is 12.7. The van der Waals surface area contributed by atoms with Gasteiger partial charge in [0.15, 0.2) is 11.2 Å². The quantitative estimate of drug-likeness (QED) is 0.558. The summed E-state index contributed by atoms with van der Waals surface area (Å²) in [5, 5.41) is 3.12. The van der Waals surface area contributed by atoms with Crippen LogP contribution < -0.4 is 21.3 Å². The summed E-state index contributed by atoms with van der Waals surface area (Å²) in [6.45, 7) is 0.845. The van der Waals surface area contributed by atoms with Crippen LogP contribution in [-0.2, 0) is 0 Å². The van der Waals surface area contributed by atoms with Gasteiger partial charge in [-0.1, -0.05) is 18.2 Å². The molecule has 1 aromatic heterocycles. The van der Waals surface area contributed by atoms with E-state index in [1.54, 1.807) is 23.9 Å². The molecule has 4 rings (SSSR count). The van der Waals surface area contributed by atoms with Gasteiger partial charge in [0.25, 0.3) is 0 Å². The molecule has 1 N–H and O–H groups in total. The maximum Gasteiger partial charge on any atom is 0.423 e. The lowest BCUT2D eigenvalue weighted by molar-refractivity contribution is 0.442. The van der Waals surface area contributed by atoms with Crippen molar-refractivity contribution in [3.05, 3.63) is 68.4 Å². The third kappa shape index (κ3) is 2.95. The monoisotopic (exact) mass is 369 g/mol. The summed E-state index contributed by atoms with van der Waals surface area (Å²) in [5.74, 6) is 2.11. The van der Waals surface area contributed by atoms with Gasteiger partial charge in [-0.05, 0) is 31.3 Å². The number of hydrogen-bond acceptors (Lipinski definition) is 7. The zero-order chi connectivity index (χ0) is 18.1. The molecule has 1 aliphatic rings. The van der Waals surface area contributed by atoms with E-state index in [1.807, 2.05) is 37.4 Å². The van der Waals surface area contributed by atoms with Crippen LogP contribution in [0.2, 0.25) is 0 Å². The predicted molar refractivity (Wildman–Crippen MR) is 102 cm³/mol. The second-order valence-corrected chi connectivity index (χ2v) is 6.78. The van der Waals surface area contributed by atoms with Crippen LogP contribution in [-0.4, -0.2) is 19.3 Å². The summed E-state index contributed by atoms with van der Waals surface area (Å²) in [6.07, 6.45) is 1.91. The maximum absolute atomic E-state index is 11.7. The summed E-state index contributed by atoms with van der Waals surface area (Å²) >= 11 is 1.66. The van der Waals surface area contributed by atoms with E-state index in [-0.39, 0.29) is 11.2 Å². The van der Waals surface area contributed by atoms with E-state index in [0.717, 1.165) is 22.8 Å². The van der Waals surface area contributed by atoms with Crippen molar-refractivity contribution in [3.63, 3.8) is 0 Å². The van der Waals surface area contributed by atoms with Crippen molar-refractivity contribution in [2.75, 3.05) is 19.3 Å². The van der Waals surface area contributed by atoms with Crippen LogP contribution in [0.5, 0.6) is 11.5 Å². The highest BCUT2D eigenvalue weighted by molar-refractivity contribution is 8.08. The SMILES string of the molecule is CNCCSC1=Cc2c(ccc3oc(=O)c(=O)oc23)Oc2ccccc21.